The summed E-state index contributed by atoms with van der Waals surface area (Å²) in [5.74, 6) is 1.90. The van der Waals surface area contributed by atoms with Crippen molar-refractivity contribution in [3.63, 3.8) is 0 Å². The summed E-state index contributed by atoms with van der Waals surface area (Å²) in [5.41, 5.74) is 3.47. The third-order valence-corrected chi connectivity index (χ3v) is 6.00. The summed E-state index contributed by atoms with van der Waals surface area (Å²) in [7, 11) is 1.70. The number of morpholine rings is 1. The van der Waals surface area contributed by atoms with Crippen LogP contribution in [-0.4, -0.2) is 47.9 Å². The first-order chi connectivity index (χ1) is 13.8. The van der Waals surface area contributed by atoms with Crippen LogP contribution < -0.4 is 9.64 Å². The minimum atomic E-state index is 0.502. The van der Waals surface area contributed by atoms with Crippen molar-refractivity contribution >= 4 is 16.9 Å². The Morgan fingerprint density at radius 2 is 1.79 bits per heavy atom. The highest BCUT2D eigenvalue weighted by Crippen LogP contribution is 2.40. The first-order valence-corrected chi connectivity index (χ1v) is 10.2. The minimum Gasteiger partial charge on any atom is -0.497 e. The molecule has 0 unspecified atom stereocenters. The number of anilines is 1. The Balaban J connectivity index is 1.67. The van der Waals surface area contributed by atoms with E-state index in [9.17, 15) is 0 Å². The number of benzene rings is 1. The average Bonchev–Trinajstić information content (AvgIpc) is 3.41. The predicted octanol–water partition coefficient (Wildman–Crippen LogP) is 4.06. The molecule has 146 valence electrons. The smallest absolute Gasteiger partial charge is 0.146 e. The van der Waals surface area contributed by atoms with Gasteiger partial charge in [0.2, 0.25) is 0 Å². The molecule has 28 heavy (non-hydrogen) atoms. The van der Waals surface area contributed by atoms with E-state index >= 15 is 0 Å². The second-order valence-corrected chi connectivity index (χ2v) is 7.60. The van der Waals surface area contributed by atoms with Crippen LogP contribution in [0.1, 0.15) is 31.7 Å². The van der Waals surface area contributed by atoms with Crippen molar-refractivity contribution in [3.8, 4) is 17.0 Å². The summed E-state index contributed by atoms with van der Waals surface area (Å²) in [6.45, 7) is 3.25. The summed E-state index contributed by atoms with van der Waals surface area (Å²) in [6.07, 6.45) is 6.71. The quantitative estimate of drug-likeness (QED) is 0.685. The third-order valence-electron chi connectivity index (χ3n) is 6.00. The van der Waals surface area contributed by atoms with Crippen LogP contribution in [0.2, 0.25) is 0 Å². The molecule has 0 atom stereocenters. The number of aromatic nitrogens is 3. The first kappa shape index (κ1) is 17.5. The largest absolute Gasteiger partial charge is 0.497 e. The average molecular weight is 378 g/mol. The van der Waals surface area contributed by atoms with Crippen molar-refractivity contribution in [1.29, 1.82) is 0 Å². The molecule has 2 fully saturated rings. The maximum absolute atomic E-state index is 5.53. The zero-order valence-corrected chi connectivity index (χ0v) is 16.3. The maximum atomic E-state index is 5.53. The van der Waals surface area contributed by atoms with Crippen molar-refractivity contribution in [1.82, 2.24) is 14.5 Å². The van der Waals surface area contributed by atoms with Crippen molar-refractivity contribution in [2.75, 3.05) is 38.3 Å². The van der Waals surface area contributed by atoms with Gasteiger partial charge in [-0.3, -0.25) is 0 Å². The first-order valence-electron chi connectivity index (χ1n) is 10.2. The second-order valence-electron chi connectivity index (χ2n) is 7.60. The molecule has 2 aliphatic rings. The van der Waals surface area contributed by atoms with E-state index in [0.29, 0.717) is 6.04 Å². The van der Waals surface area contributed by atoms with Crippen molar-refractivity contribution in [2.24, 2.45) is 0 Å². The molecule has 0 bridgehead atoms. The van der Waals surface area contributed by atoms with Crippen LogP contribution in [0.3, 0.4) is 0 Å². The van der Waals surface area contributed by atoms with Gasteiger partial charge in [-0.05, 0) is 48.7 Å². The van der Waals surface area contributed by atoms with Crippen LogP contribution in [0.15, 0.2) is 36.7 Å². The van der Waals surface area contributed by atoms with E-state index in [1.807, 2.05) is 12.1 Å². The Hall–Kier alpha value is -2.60. The lowest BCUT2D eigenvalue weighted by Gasteiger charge is -2.28. The molecule has 0 spiro atoms. The van der Waals surface area contributed by atoms with Gasteiger partial charge in [0.1, 0.15) is 23.5 Å². The molecule has 3 aromatic rings. The Morgan fingerprint density at radius 3 is 2.50 bits per heavy atom. The van der Waals surface area contributed by atoms with Gasteiger partial charge in [-0.2, -0.15) is 0 Å². The lowest BCUT2D eigenvalue weighted by molar-refractivity contribution is 0.122. The van der Waals surface area contributed by atoms with Crippen molar-refractivity contribution < 1.29 is 9.47 Å². The molecule has 3 heterocycles. The Bertz CT molecular complexity index is 955. The van der Waals surface area contributed by atoms with Crippen LogP contribution >= 0.6 is 0 Å². The highest BCUT2D eigenvalue weighted by atomic mass is 16.5. The SMILES string of the molecule is COc1ccc(-c2cc3c(N4CCOCC4)ncnc3n2C2CCCC2)cc1. The Kier molecular flexibility index (Phi) is 4.64. The van der Waals surface area contributed by atoms with E-state index in [4.69, 9.17) is 14.5 Å². The lowest BCUT2D eigenvalue weighted by atomic mass is 10.1. The number of hydrogen-bond acceptors (Lipinski definition) is 5. The summed E-state index contributed by atoms with van der Waals surface area (Å²) >= 11 is 0. The molecule has 0 N–H and O–H groups in total. The number of nitrogens with zero attached hydrogens (tertiary/aromatic N) is 4. The molecule has 1 aliphatic heterocycles. The molecule has 0 radical (unpaired) electrons. The second kappa shape index (κ2) is 7.43. The number of hydrogen-bond donors (Lipinski definition) is 0. The summed E-state index contributed by atoms with van der Waals surface area (Å²) in [4.78, 5) is 11.7. The molecule has 1 saturated heterocycles. The number of methoxy groups -OCH3 is 1. The van der Waals surface area contributed by atoms with Gasteiger partial charge < -0.3 is 18.9 Å². The highest BCUT2D eigenvalue weighted by molar-refractivity contribution is 5.93. The molecule has 5 rings (SSSR count). The molecule has 6 nitrogen and oxygen atoms in total. The zero-order chi connectivity index (χ0) is 18.9. The molecular weight excluding hydrogens is 352 g/mol. The van der Waals surface area contributed by atoms with Crippen LogP contribution in [0.25, 0.3) is 22.3 Å². The molecule has 0 amide bonds. The van der Waals surface area contributed by atoms with Crippen LogP contribution in [0.4, 0.5) is 5.82 Å². The van der Waals surface area contributed by atoms with Gasteiger partial charge in [-0.1, -0.05) is 12.8 Å². The standard InChI is InChI=1S/C22H26N4O2/c1-27-18-8-6-16(7-9-18)20-14-19-21(25-10-12-28-13-11-25)23-15-24-22(19)26(20)17-4-2-3-5-17/h6-9,14-15,17H,2-5,10-13H2,1H3. The number of ether oxygens (including phenoxy) is 2. The van der Waals surface area contributed by atoms with E-state index in [-0.39, 0.29) is 0 Å². The van der Waals surface area contributed by atoms with Crippen molar-refractivity contribution in [3.05, 3.63) is 36.7 Å². The van der Waals surface area contributed by atoms with Gasteiger partial charge in [-0.25, -0.2) is 9.97 Å². The molecule has 1 aromatic carbocycles. The predicted molar refractivity (Wildman–Crippen MR) is 110 cm³/mol. The minimum absolute atomic E-state index is 0.502. The van der Waals surface area contributed by atoms with E-state index in [1.165, 1.54) is 36.9 Å². The molecule has 6 heteroatoms. The van der Waals surface area contributed by atoms with Gasteiger partial charge in [0.15, 0.2) is 0 Å². The van der Waals surface area contributed by atoms with Gasteiger partial charge in [0.25, 0.3) is 0 Å². The summed E-state index contributed by atoms with van der Waals surface area (Å²) in [5, 5.41) is 1.14. The Labute approximate surface area is 165 Å². The van der Waals surface area contributed by atoms with E-state index < -0.39 is 0 Å². The fourth-order valence-electron chi connectivity index (χ4n) is 4.56. The summed E-state index contributed by atoms with van der Waals surface area (Å²) in [6, 6.07) is 11.1. The van der Waals surface area contributed by atoms with Crippen molar-refractivity contribution in [2.45, 2.75) is 31.7 Å². The molecule has 2 aromatic heterocycles. The molecule has 1 saturated carbocycles. The normalized spacial score (nSPS) is 18.1. The molecular formula is C22H26N4O2. The number of rotatable bonds is 4. The fraction of sp³-hybridized carbons (Fsp3) is 0.455. The van der Waals surface area contributed by atoms with E-state index in [2.05, 4.69) is 32.7 Å². The zero-order valence-electron chi connectivity index (χ0n) is 16.3. The van der Waals surface area contributed by atoms with Gasteiger partial charge in [0, 0.05) is 19.1 Å². The topological polar surface area (TPSA) is 52.4 Å². The lowest BCUT2D eigenvalue weighted by Crippen LogP contribution is -2.36. The number of fused-ring (bicyclic) bond motifs is 1. The van der Waals surface area contributed by atoms with Crippen LogP contribution in [-0.2, 0) is 4.74 Å². The van der Waals surface area contributed by atoms with Gasteiger partial charge >= 0.3 is 0 Å². The van der Waals surface area contributed by atoms with Gasteiger partial charge in [0.05, 0.1) is 31.4 Å². The van der Waals surface area contributed by atoms with Crippen LogP contribution in [0.5, 0.6) is 5.75 Å². The third kappa shape index (κ3) is 3.02. The maximum Gasteiger partial charge on any atom is 0.146 e. The van der Waals surface area contributed by atoms with Crippen LogP contribution in [0, 0.1) is 0 Å². The summed E-state index contributed by atoms with van der Waals surface area (Å²) < 4.78 is 13.3. The molecule has 1 aliphatic carbocycles. The fourth-order valence-corrected chi connectivity index (χ4v) is 4.56. The van der Waals surface area contributed by atoms with Gasteiger partial charge in [-0.15, -0.1) is 0 Å². The van der Waals surface area contributed by atoms with E-state index in [0.717, 1.165) is 48.9 Å². The Morgan fingerprint density at radius 1 is 1.04 bits per heavy atom. The van der Waals surface area contributed by atoms with E-state index in [1.54, 1.807) is 13.4 Å². The monoisotopic (exact) mass is 378 g/mol. The highest BCUT2D eigenvalue weighted by Gasteiger charge is 2.26.